The summed E-state index contributed by atoms with van der Waals surface area (Å²) in [5, 5.41) is 31.2. The maximum Gasteiger partial charge on any atom is 0.328 e. The number of carboxylic acid groups (broad SMARTS) is 1. The van der Waals surface area contributed by atoms with E-state index in [1.54, 1.807) is 50.5 Å². The number of hydrogen-bond acceptors (Lipinski definition) is 6. The van der Waals surface area contributed by atoms with Crippen LogP contribution in [0.25, 0.3) is 22.4 Å². The number of carbonyl (C=O) groups is 2. The first-order chi connectivity index (χ1) is 17.7. The van der Waals surface area contributed by atoms with Gasteiger partial charge in [-0.3, -0.25) is 9.69 Å². The Labute approximate surface area is 212 Å². The van der Waals surface area contributed by atoms with Gasteiger partial charge in [0.2, 0.25) is 5.78 Å². The molecule has 1 aromatic heterocycles. The number of aliphatic hydroxyl groups excluding tert-OH is 2. The number of Topliss-reactive ketones (excluding diaryl/α,β-unsaturated/α-hetero) is 1. The van der Waals surface area contributed by atoms with Crippen molar-refractivity contribution in [2.75, 3.05) is 20.7 Å². The van der Waals surface area contributed by atoms with Crippen LogP contribution in [-0.2, 0) is 10.3 Å². The number of H-pyrrole nitrogens is 1. The first-order valence-electron chi connectivity index (χ1n) is 11.5. The Bertz CT molecular complexity index is 1480. The highest BCUT2D eigenvalue weighted by molar-refractivity contribution is 6.33. The zero-order chi connectivity index (χ0) is 26.7. The number of aromatic nitrogens is 2. The van der Waals surface area contributed by atoms with Gasteiger partial charge in [-0.15, -0.1) is 0 Å². The predicted molar refractivity (Wildman–Crippen MR) is 137 cm³/mol. The van der Waals surface area contributed by atoms with Crippen molar-refractivity contribution in [1.29, 1.82) is 0 Å². The molecule has 8 nitrogen and oxygen atoms in total. The minimum Gasteiger partial charge on any atom is -0.506 e. The summed E-state index contributed by atoms with van der Waals surface area (Å²) in [5.74, 6) is -2.85. The SMILES string of the molecule is CN(C)C(CCO)(C(=O)O)c1cccc(C(O)=C(C(=O)c2cccc(F)c2)c2nc3ccccc3[nH]2)c1. The minimum atomic E-state index is -1.59. The number of halogens is 1. The Morgan fingerprint density at radius 2 is 1.68 bits per heavy atom. The Kier molecular flexibility index (Phi) is 7.19. The molecule has 3 aromatic carbocycles. The van der Waals surface area contributed by atoms with Crippen LogP contribution in [0.2, 0.25) is 0 Å². The molecule has 9 heteroatoms. The molecule has 0 aliphatic carbocycles. The number of aliphatic hydroxyl groups is 2. The lowest BCUT2D eigenvalue weighted by Gasteiger charge is -2.36. The number of aliphatic carboxylic acids is 1. The monoisotopic (exact) mass is 503 g/mol. The molecule has 0 bridgehead atoms. The number of fused-ring (bicyclic) bond motifs is 1. The van der Waals surface area contributed by atoms with E-state index in [0.717, 1.165) is 6.07 Å². The number of carbonyl (C=O) groups excluding carboxylic acids is 1. The number of nitrogens with zero attached hydrogens (tertiary/aromatic N) is 2. The Hall–Kier alpha value is -4.34. The van der Waals surface area contributed by atoms with Gasteiger partial charge in [-0.25, -0.2) is 14.2 Å². The maximum atomic E-state index is 14.0. The molecule has 0 amide bonds. The molecule has 1 unspecified atom stereocenters. The van der Waals surface area contributed by atoms with Crippen molar-refractivity contribution in [3.05, 3.63) is 101 Å². The summed E-state index contributed by atoms with van der Waals surface area (Å²) in [4.78, 5) is 35.0. The second-order valence-electron chi connectivity index (χ2n) is 8.78. The first kappa shape index (κ1) is 25.7. The van der Waals surface area contributed by atoms with Crippen LogP contribution < -0.4 is 0 Å². The van der Waals surface area contributed by atoms with Gasteiger partial charge in [0.05, 0.1) is 11.0 Å². The molecule has 4 N–H and O–H groups in total. The molecule has 0 spiro atoms. The van der Waals surface area contributed by atoms with Gasteiger partial charge in [-0.1, -0.05) is 42.5 Å². The van der Waals surface area contributed by atoms with Crippen molar-refractivity contribution < 1.29 is 29.3 Å². The first-order valence-corrected chi connectivity index (χ1v) is 11.5. The van der Waals surface area contributed by atoms with Crippen molar-refractivity contribution in [1.82, 2.24) is 14.9 Å². The molecule has 0 aliphatic rings. The number of para-hydroxylation sites is 2. The quantitative estimate of drug-likeness (QED) is 0.153. The van der Waals surface area contributed by atoms with Gasteiger partial charge in [0.25, 0.3) is 0 Å². The highest BCUT2D eigenvalue weighted by Gasteiger charge is 2.42. The molecule has 4 rings (SSSR count). The molecule has 1 atom stereocenters. The normalized spacial score (nSPS) is 13.9. The smallest absolute Gasteiger partial charge is 0.328 e. The van der Waals surface area contributed by atoms with E-state index in [1.807, 2.05) is 0 Å². The third-order valence-electron chi connectivity index (χ3n) is 6.38. The van der Waals surface area contributed by atoms with Gasteiger partial charge in [-0.2, -0.15) is 0 Å². The average Bonchev–Trinajstić information content (AvgIpc) is 3.30. The van der Waals surface area contributed by atoms with E-state index in [2.05, 4.69) is 9.97 Å². The molecule has 0 saturated heterocycles. The van der Waals surface area contributed by atoms with Crippen molar-refractivity contribution >= 4 is 34.1 Å². The van der Waals surface area contributed by atoms with Gasteiger partial charge >= 0.3 is 5.97 Å². The van der Waals surface area contributed by atoms with Crippen molar-refractivity contribution in [3.8, 4) is 0 Å². The topological polar surface area (TPSA) is 127 Å². The third kappa shape index (κ3) is 4.74. The molecule has 0 aliphatic heterocycles. The summed E-state index contributed by atoms with van der Waals surface area (Å²) in [6, 6.07) is 18.3. The molecule has 4 aromatic rings. The summed E-state index contributed by atoms with van der Waals surface area (Å²) >= 11 is 0. The molecule has 1 heterocycles. The van der Waals surface area contributed by atoms with Gasteiger partial charge in [0, 0.05) is 24.2 Å². The van der Waals surface area contributed by atoms with Crippen molar-refractivity contribution in [3.63, 3.8) is 0 Å². The van der Waals surface area contributed by atoms with Crippen LogP contribution in [-0.4, -0.2) is 62.6 Å². The fraction of sp³-hybridized carbons (Fsp3) is 0.179. The largest absolute Gasteiger partial charge is 0.506 e. The van der Waals surface area contributed by atoms with E-state index in [0.29, 0.717) is 16.6 Å². The fourth-order valence-electron chi connectivity index (χ4n) is 4.45. The standard InChI is InChI=1S/C28H26FN3O5/c1-32(2)28(13-14-33,27(36)37)19-9-5-7-17(15-19)24(34)23(25(35)18-8-6-10-20(29)16-18)26-30-21-11-3-4-12-22(21)31-26/h3-12,15-16,33-34H,13-14H2,1-2H3,(H,30,31)(H,36,37). The number of benzene rings is 3. The summed E-state index contributed by atoms with van der Waals surface area (Å²) in [7, 11) is 3.17. The van der Waals surface area contributed by atoms with Crippen LogP contribution in [0, 0.1) is 5.82 Å². The van der Waals surface area contributed by atoms with E-state index in [4.69, 9.17) is 0 Å². The number of hydrogen-bond donors (Lipinski definition) is 4. The Morgan fingerprint density at radius 1 is 0.973 bits per heavy atom. The van der Waals surface area contributed by atoms with E-state index in [1.165, 1.54) is 35.2 Å². The summed E-state index contributed by atoms with van der Waals surface area (Å²) < 4.78 is 14.0. The van der Waals surface area contributed by atoms with Gasteiger partial charge < -0.3 is 20.3 Å². The van der Waals surface area contributed by atoms with Crippen molar-refractivity contribution in [2.24, 2.45) is 0 Å². The molecule has 0 saturated carbocycles. The lowest BCUT2D eigenvalue weighted by molar-refractivity contribution is -0.152. The number of rotatable bonds is 9. The molecule has 0 fully saturated rings. The number of ketones is 1. The van der Waals surface area contributed by atoms with Gasteiger partial charge in [-0.05, 0) is 50.0 Å². The summed E-state index contributed by atoms with van der Waals surface area (Å²) in [6.07, 6.45) is -0.109. The number of carboxylic acids is 1. The van der Waals surface area contributed by atoms with E-state index in [9.17, 15) is 29.3 Å². The van der Waals surface area contributed by atoms with Crippen LogP contribution in [0.15, 0.2) is 72.8 Å². The number of aromatic amines is 1. The highest BCUT2D eigenvalue weighted by Crippen LogP contribution is 2.34. The van der Waals surface area contributed by atoms with Crippen molar-refractivity contribution in [2.45, 2.75) is 12.0 Å². The van der Waals surface area contributed by atoms with Crippen LogP contribution in [0.4, 0.5) is 4.39 Å². The zero-order valence-electron chi connectivity index (χ0n) is 20.3. The summed E-state index contributed by atoms with van der Waals surface area (Å²) in [5.41, 5.74) is -0.142. The predicted octanol–water partition coefficient (Wildman–Crippen LogP) is 4.24. The molecule has 190 valence electrons. The maximum absolute atomic E-state index is 14.0. The number of nitrogens with one attached hydrogen (secondary N) is 1. The van der Waals surface area contributed by atoms with Crippen LogP contribution in [0.3, 0.4) is 0 Å². The molecule has 37 heavy (non-hydrogen) atoms. The average molecular weight is 504 g/mol. The lowest BCUT2D eigenvalue weighted by atomic mass is 9.84. The van der Waals surface area contributed by atoms with E-state index >= 15 is 0 Å². The highest BCUT2D eigenvalue weighted by atomic mass is 19.1. The Morgan fingerprint density at radius 3 is 2.32 bits per heavy atom. The number of allylic oxidation sites excluding steroid dienone is 1. The second-order valence-corrected chi connectivity index (χ2v) is 8.78. The van der Waals surface area contributed by atoms with Gasteiger partial charge in [0.1, 0.15) is 28.5 Å². The zero-order valence-corrected chi connectivity index (χ0v) is 20.3. The molecule has 0 radical (unpaired) electrons. The lowest BCUT2D eigenvalue weighted by Crippen LogP contribution is -2.49. The Balaban J connectivity index is 1.95. The fourth-order valence-corrected chi connectivity index (χ4v) is 4.45. The molecular weight excluding hydrogens is 477 g/mol. The van der Waals surface area contributed by atoms with E-state index < -0.39 is 35.5 Å². The number of likely N-dealkylation sites (N-methyl/N-ethyl adjacent to an activating group) is 1. The second kappa shape index (κ2) is 10.3. The van der Waals surface area contributed by atoms with Crippen LogP contribution >= 0.6 is 0 Å². The van der Waals surface area contributed by atoms with Gasteiger partial charge in [0.15, 0.2) is 0 Å². The third-order valence-corrected chi connectivity index (χ3v) is 6.38. The molecular formula is C28H26FN3O5. The van der Waals surface area contributed by atoms with E-state index in [-0.39, 0.29) is 28.9 Å². The summed E-state index contributed by atoms with van der Waals surface area (Å²) in [6.45, 7) is -0.390. The minimum absolute atomic E-state index is 0.00613. The van der Waals surface area contributed by atoms with Crippen LogP contribution in [0.5, 0.6) is 0 Å². The van der Waals surface area contributed by atoms with Crippen LogP contribution in [0.1, 0.15) is 33.7 Å². The number of imidazole rings is 1.